The summed E-state index contributed by atoms with van der Waals surface area (Å²) >= 11 is 0. The number of fused-ring (bicyclic) bond motifs is 1. The van der Waals surface area contributed by atoms with Crippen LogP contribution in [-0.4, -0.2) is 11.2 Å². The molecule has 0 fully saturated rings. The van der Waals surface area contributed by atoms with Gasteiger partial charge in [0.2, 0.25) is 0 Å². The number of hydrogen-bond donors (Lipinski definition) is 0. The zero-order chi connectivity index (χ0) is 19.1. The molecule has 0 spiro atoms. The lowest BCUT2D eigenvalue weighted by atomic mass is 10.0. The van der Waals surface area contributed by atoms with Crippen LogP contribution in [0, 0.1) is 11.8 Å². The van der Waals surface area contributed by atoms with Crippen molar-refractivity contribution in [1.82, 2.24) is 4.98 Å². The molecular formula is C25H24FN. The fraction of sp³-hybridized carbons (Fsp3) is 0.240. The van der Waals surface area contributed by atoms with Crippen molar-refractivity contribution in [2.24, 2.45) is 0 Å². The summed E-state index contributed by atoms with van der Waals surface area (Å²) in [6, 6.07) is 16.9. The number of pyridine rings is 1. The third kappa shape index (κ3) is 5.28. The van der Waals surface area contributed by atoms with E-state index in [2.05, 4.69) is 59.8 Å². The summed E-state index contributed by atoms with van der Waals surface area (Å²) in [6.07, 6.45) is 5.94. The van der Waals surface area contributed by atoms with Crippen LogP contribution in [0.5, 0.6) is 0 Å². The molecule has 0 aliphatic carbocycles. The third-order valence-corrected chi connectivity index (χ3v) is 4.48. The van der Waals surface area contributed by atoms with Crippen LogP contribution in [0.15, 0.2) is 67.4 Å². The Bertz CT molecular complexity index is 975. The third-order valence-electron chi connectivity index (χ3n) is 4.48. The van der Waals surface area contributed by atoms with Gasteiger partial charge in [0.25, 0.3) is 0 Å². The number of allylic oxidation sites excluding steroid dienone is 1. The maximum atomic E-state index is 12.7. The van der Waals surface area contributed by atoms with Crippen molar-refractivity contribution in [3.05, 3.63) is 78.5 Å². The van der Waals surface area contributed by atoms with E-state index in [0.717, 1.165) is 29.7 Å². The molecule has 0 aliphatic heterocycles. The SMILES string of the molecule is C=CCc1ccc2cc(-c3ccc(C#CCCCC(C)F)cn3)ccc2c1. The van der Waals surface area contributed by atoms with E-state index in [1.807, 2.05) is 18.2 Å². The smallest absolute Gasteiger partial charge is 0.0973 e. The number of aromatic nitrogens is 1. The second-order valence-electron chi connectivity index (χ2n) is 6.80. The molecule has 1 heterocycles. The second kappa shape index (κ2) is 9.14. The lowest BCUT2D eigenvalue weighted by Gasteiger charge is -2.05. The summed E-state index contributed by atoms with van der Waals surface area (Å²) in [5.41, 5.74) is 4.19. The maximum absolute atomic E-state index is 12.7. The van der Waals surface area contributed by atoms with E-state index < -0.39 is 6.17 Å². The molecule has 0 saturated carbocycles. The minimum Gasteiger partial charge on any atom is -0.255 e. The molecule has 1 aromatic heterocycles. The predicted molar refractivity (Wildman–Crippen MR) is 112 cm³/mol. The zero-order valence-corrected chi connectivity index (χ0v) is 15.7. The lowest BCUT2D eigenvalue weighted by Crippen LogP contribution is -1.90. The van der Waals surface area contributed by atoms with E-state index in [-0.39, 0.29) is 0 Å². The number of nitrogens with zero attached hydrogens (tertiary/aromatic N) is 1. The molecule has 136 valence electrons. The fourth-order valence-corrected chi connectivity index (χ4v) is 3.02. The molecule has 3 aromatic rings. The van der Waals surface area contributed by atoms with Gasteiger partial charge in [-0.3, -0.25) is 4.98 Å². The topological polar surface area (TPSA) is 12.9 Å². The average molecular weight is 357 g/mol. The van der Waals surface area contributed by atoms with E-state index in [4.69, 9.17) is 0 Å². The first-order chi connectivity index (χ1) is 13.2. The van der Waals surface area contributed by atoms with Crippen molar-refractivity contribution in [2.75, 3.05) is 0 Å². The van der Waals surface area contributed by atoms with E-state index in [1.165, 1.54) is 16.3 Å². The molecule has 0 amide bonds. The first kappa shape index (κ1) is 18.9. The summed E-state index contributed by atoms with van der Waals surface area (Å²) in [7, 11) is 0. The average Bonchev–Trinajstić information content (AvgIpc) is 2.68. The summed E-state index contributed by atoms with van der Waals surface area (Å²) in [6.45, 7) is 5.38. The molecular weight excluding hydrogens is 333 g/mol. The van der Waals surface area contributed by atoms with Gasteiger partial charge >= 0.3 is 0 Å². The normalized spacial score (nSPS) is 11.6. The molecule has 2 aromatic carbocycles. The van der Waals surface area contributed by atoms with Gasteiger partial charge in [0.15, 0.2) is 0 Å². The van der Waals surface area contributed by atoms with Crippen molar-refractivity contribution in [3.8, 4) is 23.1 Å². The van der Waals surface area contributed by atoms with Crippen LogP contribution >= 0.6 is 0 Å². The number of rotatable bonds is 6. The Morgan fingerprint density at radius 1 is 1.11 bits per heavy atom. The molecule has 1 atom stereocenters. The fourth-order valence-electron chi connectivity index (χ4n) is 3.02. The molecule has 0 bridgehead atoms. The number of hydrogen-bond acceptors (Lipinski definition) is 1. The quantitative estimate of drug-likeness (QED) is 0.278. The number of alkyl halides is 1. The van der Waals surface area contributed by atoms with Crippen LogP contribution in [0.4, 0.5) is 4.39 Å². The Morgan fingerprint density at radius 2 is 1.93 bits per heavy atom. The molecule has 0 radical (unpaired) electrons. The number of unbranched alkanes of at least 4 members (excludes halogenated alkanes) is 1. The van der Waals surface area contributed by atoms with Gasteiger partial charge in [-0.15, -0.1) is 6.58 Å². The highest BCUT2D eigenvalue weighted by molar-refractivity contribution is 5.87. The van der Waals surface area contributed by atoms with E-state index >= 15 is 0 Å². The Balaban J connectivity index is 1.72. The lowest BCUT2D eigenvalue weighted by molar-refractivity contribution is 0.336. The van der Waals surface area contributed by atoms with Crippen LogP contribution in [0.25, 0.3) is 22.0 Å². The van der Waals surface area contributed by atoms with Crippen LogP contribution in [0.1, 0.15) is 37.3 Å². The van der Waals surface area contributed by atoms with Gasteiger partial charge in [-0.1, -0.05) is 48.2 Å². The molecule has 0 saturated heterocycles. The van der Waals surface area contributed by atoms with Crippen LogP contribution in [0.2, 0.25) is 0 Å². The molecule has 1 unspecified atom stereocenters. The van der Waals surface area contributed by atoms with Crippen molar-refractivity contribution in [2.45, 2.75) is 38.8 Å². The monoisotopic (exact) mass is 357 g/mol. The van der Waals surface area contributed by atoms with Crippen LogP contribution in [0.3, 0.4) is 0 Å². The Labute approximate surface area is 161 Å². The molecule has 1 nitrogen and oxygen atoms in total. The summed E-state index contributed by atoms with van der Waals surface area (Å²) in [5.74, 6) is 6.19. The highest BCUT2D eigenvalue weighted by Crippen LogP contribution is 2.24. The summed E-state index contributed by atoms with van der Waals surface area (Å²) in [4.78, 5) is 4.55. The minimum atomic E-state index is -0.747. The Hall–Kier alpha value is -2.92. The van der Waals surface area contributed by atoms with Gasteiger partial charge in [0.05, 0.1) is 11.9 Å². The van der Waals surface area contributed by atoms with Crippen LogP contribution in [-0.2, 0) is 6.42 Å². The largest absolute Gasteiger partial charge is 0.255 e. The maximum Gasteiger partial charge on any atom is 0.0973 e. The van der Waals surface area contributed by atoms with Gasteiger partial charge in [0.1, 0.15) is 0 Å². The van der Waals surface area contributed by atoms with Crippen molar-refractivity contribution in [3.63, 3.8) is 0 Å². The van der Waals surface area contributed by atoms with E-state index in [9.17, 15) is 4.39 Å². The standard InChI is InChI=1S/C25H24FN/c1-3-7-20-10-12-23-17-24(14-13-22(23)16-20)25-15-11-21(18-27-25)9-6-4-5-8-19(2)26/h3,10-19H,1,4-5,7-8H2,2H3. The number of benzene rings is 2. The second-order valence-corrected chi connectivity index (χ2v) is 6.80. The predicted octanol–water partition coefficient (Wildman–Crippen LogP) is 6.51. The summed E-state index contributed by atoms with van der Waals surface area (Å²) < 4.78 is 12.7. The molecule has 2 heteroatoms. The van der Waals surface area contributed by atoms with Gasteiger partial charge in [-0.25, -0.2) is 4.39 Å². The highest BCUT2D eigenvalue weighted by Gasteiger charge is 2.02. The molecule has 3 rings (SSSR count). The van der Waals surface area contributed by atoms with Crippen molar-refractivity contribution >= 4 is 10.8 Å². The number of halogens is 1. The van der Waals surface area contributed by atoms with Crippen molar-refractivity contribution < 1.29 is 4.39 Å². The zero-order valence-electron chi connectivity index (χ0n) is 15.7. The van der Waals surface area contributed by atoms with E-state index in [1.54, 1.807) is 13.1 Å². The van der Waals surface area contributed by atoms with Crippen LogP contribution < -0.4 is 0 Å². The minimum absolute atomic E-state index is 0.572. The molecule has 0 N–H and O–H groups in total. The van der Waals surface area contributed by atoms with Gasteiger partial charge < -0.3 is 0 Å². The summed E-state index contributed by atoms with van der Waals surface area (Å²) in [5, 5.41) is 2.43. The molecule has 0 aliphatic rings. The van der Waals surface area contributed by atoms with Gasteiger partial charge in [-0.05, 0) is 60.7 Å². The first-order valence-corrected chi connectivity index (χ1v) is 9.38. The van der Waals surface area contributed by atoms with E-state index in [0.29, 0.717) is 12.8 Å². The van der Waals surface area contributed by atoms with Crippen molar-refractivity contribution in [1.29, 1.82) is 0 Å². The Kier molecular flexibility index (Phi) is 6.39. The van der Waals surface area contributed by atoms with Gasteiger partial charge in [-0.2, -0.15) is 0 Å². The first-order valence-electron chi connectivity index (χ1n) is 9.38. The molecule has 27 heavy (non-hydrogen) atoms. The van der Waals surface area contributed by atoms with Gasteiger partial charge in [0, 0.05) is 23.7 Å². The highest BCUT2D eigenvalue weighted by atomic mass is 19.1. The Morgan fingerprint density at radius 3 is 2.67 bits per heavy atom.